The predicted octanol–water partition coefficient (Wildman–Crippen LogP) is 2.71. The first kappa shape index (κ1) is 19.2. The molecule has 0 spiro atoms. The number of likely N-dealkylation sites (N-methyl/N-ethyl adjacent to an activating group) is 1. The quantitative estimate of drug-likeness (QED) is 0.471. The number of halogens is 1. The molecule has 0 unspecified atom stereocenters. The molecule has 0 radical (unpaired) electrons. The molecule has 1 heterocycles. The smallest absolute Gasteiger partial charge is 0.261 e. The zero-order chi connectivity index (χ0) is 18.4. The van der Waals surface area contributed by atoms with Gasteiger partial charge in [-0.15, -0.1) is 0 Å². The molecule has 0 fully saturated rings. The van der Waals surface area contributed by atoms with E-state index in [0.29, 0.717) is 11.6 Å². The van der Waals surface area contributed by atoms with Crippen LogP contribution in [0.5, 0.6) is 0 Å². The fourth-order valence-corrected chi connectivity index (χ4v) is 1.97. The molecule has 0 aromatic heterocycles. The first-order valence-electron chi connectivity index (χ1n) is 7.17. The van der Waals surface area contributed by atoms with Crippen LogP contribution >= 0.6 is 0 Å². The Morgan fingerprint density at radius 2 is 2.08 bits per heavy atom. The Hall–Kier alpha value is -2.83. The maximum Gasteiger partial charge on any atom is 0.261 e. The van der Waals surface area contributed by atoms with E-state index < -0.39 is 17.5 Å². The summed E-state index contributed by atoms with van der Waals surface area (Å²) in [6, 6.07) is 0. The number of ether oxygens (including phenoxy) is 1. The molecule has 0 bridgehead atoms. The van der Waals surface area contributed by atoms with Gasteiger partial charge in [0.15, 0.2) is 11.6 Å². The first-order chi connectivity index (χ1) is 11.3. The molecule has 0 saturated carbocycles. The molecule has 0 atom stereocenters. The number of amides is 1. The normalized spacial score (nSPS) is 17.1. The van der Waals surface area contributed by atoms with Crippen molar-refractivity contribution in [2.45, 2.75) is 13.8 Å². The van der Waals surface area contributed by atoms with Gasteiger partial charge in [-0.3, -0.25) is 9.79 Å². The molecule has 7 heteroatoms. The van der Waals surface area contributed by atoms with Gasteiger partial charge in [0.05, 0.1) is 18.5 Å². The van der Waals surface area contributed by atoms with Crippen LogP contribution in [0.25, 0.3) is 0 Å². The summed E-state index contributed by atoms with van der Waals surface area (Å²) in [5.41, 5.74) is 0.602. The fraction of sp³-hybridized carbons (Fsp3) is 0.294. The summed E-state index contributed by atoms with van der Waals surface area (Å²) in [5.74, 6) is -1.87. The molecule has 1 aliphatic heterocycles. The standard InChI is InChI=1S/C17H22FN3O3/c1-7-12(8-9-13(19-4)24-6)20-17(23)14-10(2)21(5)11(3)15(18)16(14)22/h7-9,22H,2H2,1,3-6H3,(H,20,23)/b9-8-,12-7?,19-13+. The molecular formula is C17H22FN3O3. The summed E-state index contributed by atoms with van der Waals surface area (Å²) in [7, 11) is 4.61. The van der Waals surface area contributed by atoms with Gasteiger partial charge in [-0.1, -0.05) is 12.7 Å². The monoisotopic (exact) mass is 335 g/mol. The molecule has 0 aromatic carbocycles. The summed E-state index contributed by atoms with van der Waals surface area (Å²) in [5, 5.41) is 12.6. The van der Waals surface area contributed by atoms with Crippen molar-refractivity contribution in [3.05, 3.63) is 59.1 Å². The van der Waals surface area contributed by atoms with Crippen LogP contribution in [-0.4, -0.2) is 43.0 Å². The number of hydrogen-bond acceptors (Lipinski definition) is 5. The molecule has 130 valence electrons. The highest BCUT2D eigenvalue weighted by Crippen LogP contribution is 2.32. The second kappa shape index (κ2) is 8.14. The number of aliphatic hydroxyl groups is 1. The van der Waals surface area contributed by atoms with Crippen LogP contribution in [0.1, 0.15) is 13.8 Å². The van der Waals surface area contributed by atoms with Gasteiger partial charge in [0.2, 0.25) is 5.90 Å². The lowest BCUT2D eigenvalue weighted by Crippen LogP contribution is -2.32. The van der Waals surface area contributed by atoms with Gasteiger partial charge < -0.3 is 20.1 Å². The van der Waals surface area contributed by atoms with Crippen molar-refractivity contribution in [1.82, 2.24) is 10.2 Å². The SMILES string of the molecule is C=C1C(C(=O)NC(=CC)/C=C\C(=N/C)OC)=C(O)C(F)=C(C)N1C. The third-order valence-corrected chi connectivity index (χ3v) is 3.59. The number of methoxy groups -OCH3 is 1. The number of rotatable bonds is 4. The van der Waals surface area contributed by atoms with Crippen LogP contribution in [0, 0.1) is 0 Å². The zero-order valence-electron chi connectivity index (χ0n) is 14.5. The number of carbonyl (C=O) groups is 1. The molecule has 24 heavy (non-hydrogen) atoms. The van der Waals surface area contributed by atoms with Crippen molar-refractivity contribution in [3.8, 4) is 0 Å². The summed E-state index contributed by atoms with van der Waals surface area (Å²) in [4.78, 5) is 17.7. The summed E-state index contributed by atoms with van der Waals surface area (Å²) < 4.78 is 19.0. The van der Waals surface area contributed by atoms with E-state index in [1.54, 1.807) is 39.2 Å². The lowest BCUT2D eigenvalue weighted by atomic mass is 10.0. The maximum atomic E-state index is 14.0. The summed E-state index contributed by atoms with van der Waals surface area (Å²) >= 11 is 0. The van der Waals surface area contributed by atoms with Crippen LogP contribution in [0.4, 0.5) is 4.39 Å². The van der Waals surface area contributed by atoms with Crippen molar-refractivity contribution in [2.24, 2.45) is 4.99 Å². The molecule has 0 saturated heterocycles. The number of nitrogens with zero attached hydrogens (tertiary/aromatic N) is 2. The van der Waals surface area contributed by atoms with E-state index in [1.165, 1.54) is 18.9 Å². The lowest BCUT2D eigenvalue weighted by Gasteiger charge is -2.29. The fourth-order valence-electron chi connectivity index (χ4n) is 1.97. The molecule has 1 aliphatic rings. The van der Waals surface area contributed by atoms with E-state index in [-0.39, 0.29) is 17.0 Å². The Kier molecular flexibility index (Phi) is 6.52. The van der Waals surface area contributed by atoms with E-state index in [0.717, 1.165) is 0 Å². The highest BCUT2D eigenvalue weighted by Gasteiger charge is 2.30. The number of nitrogens with one attached hydrogen (secondary N) is 1. The van der Waals surface area contributed by atoms with Gasteiger partial charge in [0.25, 0.3) is 5.91 Å². The number of carbonyl (C=O) groups excluding carboxylic acids is 1. The van der Waals surface area contributed by atoms with Crippen LogP contribution < -0.4 is 5.32 Å². The van der Waals surface area contributed by atoms with Gasteiger partial charge in [-0.05, 0) is 19.9 Å². The first-order valence-corrected chi connectivity index (χ1v) is 7.17. The Morgan fingerprint density at radius 1 is 1.46 bits per heavy atom. The minimum atomic E-state index is -0.854. The Morgan fingerprint density at radius 3 is 2.58 bits per heavy atom. The van der Waals surface area contributed by atoms with Crippen molar-refractivity contribution in [2.75, 3.05) is 21.2 Å². The number of hydrogen-bond donors (Lipinski definition) is 2. The minimum absolute atomic E-state index is 0.184. The largest absolute Gasteiger partial charge is 0.504 e. The Bertz CT molecular complexity index is 700. The third-order valence-electron chi connectivity index (χ3n) is 3.59. The number of allylic oxidation sites excluding steroid dienone is 4. The average molecular weight is 335 g/mol. The molecule has 0 aliphatic carbocycles. The van der Waals surface area contributed by atoms with Crippen LogP contribution in [0.15, 0.2) is 64.0 Å². The molecule has 2 N–H and O–H groups in total. The zero-order valence-corrected chi connectivity index (χ0v) is 14.5. The highest BCUT2D eigenvalue weighted by atomic mass is 19.1. The van der Waals surface area contributed by atoms with Crippen molar-refractivity contribution in [1.29, 1.82) is 0 Å². The lowest BCUT2D eigenvalue weighted by molar-refractivity contribution is -0.116. The van der Waals surface area contributed by atoms with E-state index in [1.807, 2.05) is 0 Å². The Balaban J connectivity index is 3.08. The number of aliphatic imine (C=N–C) groups is 1. The highest BCUT2D eigenvalue weighted by molar-refractivity contribution is 6.00. The van der Waals surface area contributed by atoms with E-state index in [2.05, 4.69) is 16.9 Å². The number of aliphatic hydroxyl groups excluding tert-OH is 1. The van der Waals surface area contributed by atoms with Gasteiger partial charge in [-0.2, -0.15) is 0 Å². The second-order valence-corrected chi connectivity index (χ2v) is 4.93. The van der Waals surface area contributed by atoms with Crippen LogP contribution in [-0.2, 0) is 9.53 Å². The van der Waals surface area contributed by atoms with Gasteiger partial charge in [0, 0.05) is 25.9 Å². The molecule has 6 nitrogen and oxygen atoms in total. The topological polar surface area (TPSA) is 74.2 Å². The summed E-state index contributed by atoms with van der Waals surface area (Å²) in [6.45, 7) is 6.94. The molecular weight excluding hydrogens is 313 g/mol. The van der Waals surface area contributed by atoms with Crippen molar-refractivity contribution in [3.63, 3.8) is 0 Å². The average Bonchev–Trinajstić information content (AvgIpc) is 2.58. The van der Waals surface area contributed by atoms with Crippen LogP contribution in [0.2, 0.25) is 0 Å². The predicted molar refractivity (Wildman–Crippen MR) is 91.8 cm³/mol. The summed E-state index contributed by atoms with van der Waals surface area (Å²) in [6.07, 6.45) is 4.78. The Labute approximate surface area is 141 Å². The van der Waals surface area contributed by atoms with Gasteiger partial charge >= 0.3 is 0 Å². The molecule has 1 rings (SSSR count). The van der Waals surface area contributed by atoms with Crippen LogP contribution in [0.3, 0.4) is 0 Å². The van der Waals surface area contributed by atoms with Gasteiger partial charge in [-0.25, -0.2) is 4.39 Å². The van der Waals surface area contributed by atoms with E-state index in [4.69, 9.17) is 4.74 Å². The van der Waals surface area contributed by atoms with E-state index in [9.17, 15) is 14.3 Å². The maximum absolute atomic E-state index is 14.0. The third kappa shape index (κ3) is 3.92. The second-order valence-electron chi connectivity index (χ2n) is 4.93. The van der Waals surface area contributed by atoms with Crippen molar-refractivity contribution >= 4 is 11.8 Å². The van der Waals surface area contributed by atoms with E-state index >= 15 is 0 Å². The molecule has 0 aromatic rings. The molecule has 1 amide bonds. The minimum Gasteiger partial charge on any atom is -0.504 e. The van der Waals surface area contributed by atoms with Gasteiger partial charge in [0.1, 0.15) is 5.57 Å². The van der Waals surface area contributed by atoms with Crippen molar-refractivity contribution < 1.29 is 19.0 Å².